The summed E-state index contributed by atoms with van der Waals surface area (Å²) in [6, 6.07) is 0. The Morgan fingerprint density at radius 1 is 1.53 bits per heavy atom. The molecule has 2 rings (SSSR count). The molecule has 98 valence electrons. The molecule has 1 saturated heterocycles. The number of alkyl halides is 2. The molecule has 0 spiro atoms. The van der Waals surface area contributed by atoms with Gasteiger partial charge in [-0.25, -0.2) is 0 Å². The zero-order valence-electron chi connectivity index (χ0n) is 10.3. The molecular weight excluding hydrogens is 261 g/mol. The minimum absolute atomic E-state index is 0.100. The molecule has 2 aliphatic rings. The van der Waals surface area contributed by atoms with Crippen molar-refractivity contribution >= 4 is 29.1 Å². The molecule has 2 fully saturated rings. The predicted octanol–water partition coefficient (Wildman–Crippen LogP) is 2.46. The third-order valence-electron chi connectivity index (χ3n) is 3.94. The lowest BCUT2D eigenvalue weighted by molar-refractivity contribution is -0.138. The van der Waals surface area contributed by atoms with Crippen molar-refractivity contribution in [2.45, 2.75) is 30.5 Å². The third-order valence-corrected chi connectivity index (χ3v) is 5.04. The molecule has 0 aromatic carbocycles. The molecule has 1 saturated carbocycles. The molecule has 1 amide bonds. The van der Waals surface area contributed by atoms with E-state index in [2.05, 4.69) is 0 Å². The summed E-state index contributed by atoms with van der Waals surface area (Å²) in [6.45, 7) is 4.16. The topological polar surface area (TPSA) is 29.5 Å². The van der Waals surface area contributed by atoms with E-state index >= 15 is 0 Å². The zero-order valence-corrected chi connectivity index (χ0v) is 11.9. The maximum atomic E-state index is 12.4. The second-order valence-electron chi connectivity index (χ2n) is 5.43. The van der Waals surface area contributed by atoms with Gasteiger partial charge in [-0.05, 0) is 32.1 Å². The van der Waals surface area contributed by atoms with Gasteiger partial charge in [0, 0.05) is 20.2 Å². The second-order valence-corrected chi connectivity index (χ2v) is 6.91. The highest BCUT2D eigenvalue weighted by Crippen LogP contribution is 2.64. The van der Waals surface area contributed by atoms with Crippen molar-refractivity contribution in [1.82, 2.24) is 4.90 Å². The monoisotopic (exact) mass is 279 g/mol. The molecule has 17 heavy (non-hydrogen) atoms. The lowest BCUT2D eigenvalue weighted by Gasteiger charge is -2.34. The van der Waals surface area contributed by atoms with Crippen LogP contribution in [-0.4, -0.2) is 41.9 Å². The van der Waals surface area contributed by atoms with Crippen molar-refractivity contribution < 1.29 is 9.53 Å². The number of carbonyl (C=O) groups excluding carboxylic acids is 1. The number of rotatable bonds is 3. The van der Waals surface area contributed by atoms with Gasteiger partial charge in [0.25, 0.3) is 0 Å². The van der Waals surface area contributed by atoms with Gasteiger partial charge >= 0.3 is 0 Å². The highest BCUT2D eigenvalue weighted by atomic mass is 35.5. The van der Waals surface area contributed by atoms with Gasteiger partial charge in [-0.2, -0.15) is 0 Å². The molecule has 1 aliphatic carbocycles. The first kappa shape index (κ1) is 13.4. The van der Waals surface area contributed by atoms with Crippen molar-refractivity contribution in [2.75, 3.05) is 26.8 Å². The molecule has 0 bridgehead atoms. The van der Waals surface area contributed by atoms with Gasteiger partial charge < -0.3 is 9.64 Å². The van der Waals surface area contributed by atoms with Crippen molar-refractivity contribution in [3.05, 3.63) is 0 Å². The number of amides is 1. The summed E-state index contributed by atoms with van der Waals surface area (Å²) in [5, 5.41) is 0. The lowest BCUT2D eigenvalue weighted by atomic mass is 9.97. The SMILES string of the molecule is COCC1CCCN(C(=O)C2(C)CC2(Cl)Cl)C1. The Hall–Kier alpha value is 0.01000. The number of piperidine rings is 1. The fourth-order valence-electron chi connectivity index (χ4n) is 2.60. The summed E-state index contributed by atoms with van der Waals surface area (Å²) in [4.78, 5) is 14.3. The number of methoxy groups -OCH3 is 1. The van der Waals surface area contributed by atoms with Crippen LogP contribution in [0, 0.1) is 11.3 Å². The average Bonchev–Trinajstić information content (AvgIpc) is 2.79. The quantitative estimate of drug-likeness (QED) is 0.743. The first-order valence-corrected chi connectivity index (χ1v) is 6.82. The van der Waals surface area contributed by atoms with Gasteiger partial charge in [-0.1, -0.05) is 0 Å². The van der Waals surface area contributed by atoms with Crippen LogP contribution in [0.25, 0.3) is 0 Å². The van der Waals surface area contributed by atoms with Gasteiger partial charge in [-0.3, -0.25) is 4.79 Å². The Bertz CT molecular complexity index is 320. The molecule has 2 atom stereocenters. The fourth-order valence-corrected chi connectivity index (χ4v) is 3.30. The molecule has 0 N–H and O–H groups in total. The molecule has 0 aromatic rings. The first-order chi connectivity index (χ1) is 7.90. The van der Waals surface area contributed by atoms with Crippen LogP contribution in [0.2, 0.25) is 0 Å². The third kappa shape index (κ3) is 2.42. The van der Waals surface area contributed by atoms with E-state index in [4.69, 9.17) is 27.9 Å². The van der Waals surface area contributed by atoms with Crippen LogP contribution < -0.4 is 0 Å². The van der Waals surface area contributed by atoms with Crippen LogP contribution in [0.1, 0.15) is 26.2 Å². The largest absolute Gasteiger partial charge is 0.384 e. The number of ether oxygens (including phenoxy) is 1. The average molecular weight is 280 g/mol. The zero-order chi connectivity index (χ0) is 12.7. The lowest BCUT2D eigenvalue weighted by Crippen LogP contribution is -2.45. The van der Waals surface area contributed by atoms with Crippen molar-refractivity contribution in [3.63, 3.8) is 0 Å². The van der Waals surface area contributed by atoms with Crippen LogP contribution in [0.4, 0.5) is 0 Å². The summed E-state index contributed by atoms with van der Waals surface area (Å²) >= 11 is 12.1. The van der Waals surface area contributed by atoms with E-state index in [1.165, 1.54) is 0 Å². The summed E-state index contributed by atoms with van der Waals surface area (Å²) in [7, 11) is 1.70. The molecule has 3 nitrogen and oxygen atoms in total. The maximum Gasteiger partial charge on any atom is 0.231 e. The smallest absolute Gasteiger partial charge is 0.231 e. The van der Waals surface area contributed by atoms with Crippen LogP contribution >= 0.6 is 23.2 Å². The molecule has 2 unspecified atom stereocenters. The Labute approximate surface area is 112 Å². The highest BCUT2D eigenvalue weighted by molar-refractivity contribution is 6.53. The van der Waals surface area contributed by atoms with Gasteiger partial charge in [0.1, 0.15) is 4.33 Å². The number of halogens is 2. The second kappa shape index (κ2) is 4.60. The van der Waals surface area contributed by atoms with Gasteiger partial charge in [0.15, 0.2) is 0 Å². The Balaban J connectivity index is 1.96. The first-order valence-electron chi connectivity index (χ1n) is 6.07. The van der Waals surface area contributed by atoms with Crippen molar-refractivity contribution in [2.24, 2.45) is 11.3 Å². The van der Waals surface area contributed by atoms with Crippen molar-refractivity contribution in [1.29, 1.82) is 0 Å². The van der Waals surface area contributed by atoms with E-state index in [1.54, 1.807) is 7.11 Å². The number of hydrogen-bond donors (Lipinski definition) is 0. The molecule has 1 aliphatic heterocycles. The van der Waals surface area contributed by atoms with E-state index in [9.17, 15) is 4.79 Å². The predicted molar refractivity (Wildman–Crippen MR) is 68.3 cm³/mol. The Morgan fingerprint density at radius 3 is 2.71 bits per heavy atom. The van der Waals surface area contributed by atoms with Gasteiger partial charge in [0.05, 0.1) is 12.0 Å². The van der Waals surface area contributed by atoms with E-state index in [1.807, 2.05) is 11.8 Å². The Kier molecular flexibility index (Phi) is 3.64. The van der Waals surface area contributed by atoms with Crippen LogP contribution in [0.15, 0.2) is 0 Å². The summed E-state index contributed by atoms with van der Waals surface area (Å²) in [5.74, 6) is 0.545. The number of hydrogen-bond acceptors (Lipinski definition) is 2. The van der Waals surface area contributed by atoms with E-state index in [0.717, 1.165) is 25.9 Å². The number of carbonyl (C=O) groups is 1. The van der Waals surface area contributed by atoms with Crippen LogP contribution in [0.5, 0.6) is 0 Å². The normalized spacial score (nSPS) is 35.8. The molecule has 0 radical (unpaired) electrons. The van der Waals surface area contributed by atoms with E-state index < -0.39 is 9.75 Å². The summed E-state index contributed by atoms with van der Waals surface area (Å²) in [5.41, 5.74) is -0.578. The summed E-state index contributed by atoms with van der Waals surface area (Å²) < 4.78 is 4.30. The minimum atomic E-state index is -0.863. The highest BCUT2D eigenvalue weighted by Gasteiger charge is 2.68. The van der Waals surface area contributed by atoms with Gasteiger partial charge in [0.2, 0.25) is 5.91 Å². The Morgan fingerprint density at radius 2 is 2.18 bits per heavy atom. The van der Waals surface area contributed by atoms with Gasteiger partial charge in [-0.15, -0.1) is 23.2 Å². The summed E-state index contributed by atoms with van der Waals surface area (Å²) in [6.07, 6.45) is 2.72. The molecular formula is C12H19Cl2NO2. The number of nitrogens with zero attached hydrogens (tertiary/aromatic N) is 1. The van der Waals surface area contributed by atoms with E-state index in [-0.39, 0.29) is 5.91 Å². The van der Waals surface area contributed by atoms with Crippen LogP contribution in [-0.2, 0) is 9.53 Å². The standard InChI is InChI=1S/C12H19Cl2NO2/c1-11(8-12(11,13)14)10(16)15-5-3-4-9(6-15)7-17-2/h9H,3-8H2,1-2H3. The van der Waals surface area contributed by atoms with E-state index in [0.29, 0.717) is 18.9 Å². The molecule has 5 heteroatoms. The molecule has 1 heterocycles. The number of likely N-dealkylation sites (tertiary alicyclic amines) is 1. The maximum absolute atomic E-state index is 12.4. The molecule has 0 aromatic heterocycles. The minimum Gasteiger partial charge on any atom is -0.384 e. The van der Waals surface area contributed by atoms with Crippen LogP contribution in [0.3, 0.4) is 0 Å². The fraction of sp³-hybridized carbons (Fsp3) is 0.917. The van der Waals surface area contributed by atoms with Crippen molar-refractivity contribution in [3.8, 4) is 0 Å².